The highest BCUT2D eigenvalue weighted by Crippen LogP contribution is 2.10. The number of rotatable bonds is 3. The number of benzene rings is 1. The fourth-order valence-corrected chi connectivity index (χ4v) is 2.20. The van der Waals surface area contributed by atoms with E-state index in [1.165, 1.54) is 34.5 Å². The standard InChI is InChI=1S/C17H21N.2C2H6/c1-3-15-10-11-17(12-16(15)4-2)18-13-14-8-6-5-7-9-14;2*1-2/h3-4,6,8-12,18H,5,7,13H2,1-2H3;2*1-2H3/b15-3-,16-4-;;. The second-order valence-electron chi connectivity index (χ2n) is 4.53. The molecule has 0 spiro atoms. The van der Waals surface area contributed by atoms with Crippen LogP contribution in [0.4, 0.5) is 5.69 Å². The fourth-order valence-electron chi connectivity index (χ4n) is 2.20. The van der Waals surface area contributed by atoms with Gasteiger partial charge < -0.3 is 5.32 Å². The molecular weight excluding hydrogens is 266 g/mol. The molecule has 0 aromatic heterocycles. The van der Waals surface area contributed by atoms with Crippen molar-refractivity contribution in [3.63, 3.8) is 0 Å². The summed E-state index contributed by atoms with van der Waals surface area (Å²) in [6.45, 7) is 13.1. The lowest BCUT2D eigenvalue weighted by molar-refractivity contribution is 1.00. The molecule has 1 heteroatoms. The third-order valence-electron chi connectivity index (χ3n) is 3.28. The summed E-state index contributed by atoms with van der Waals surface area (Å²) in [6, 6.07) is 6.53. The normalized spacial score (nSPS) is 14.4. The lowest BCUT2D eigenvalue weighted by atomic mass is 10.1. The molecule has 0 aliphatic heterocycles. The Morgan fingerprint density at radius 2 is 1.64 bits per heavy atom. The molecule has 0 fully saturated rings. The second-order valence-corrected chi connectivity index (χ2v) is 4.53. The first-order valence-electron chi connectivity index (χ1n) is 8.65. The van der Waals surface area contributed by atoms with Gasteiger partial charge in [0.15, 0.2) is 0 Å². The molecule has 0 atom stereocenters. The van der Waals surface area contributed by atoms with E-state index in [-0.39, 0.29) is 0 Å². The molecule has 1 aromatic rings. The summed E-state index contributed by atoms with van der Waals surface area (Å²) in [4.78, 5) is 0. The van der Waals surface area contributed by atoms with Crippen LogP contribution in [0.25, 0.3) is 12.2 Å². The molecule has 22 heavy (non-hydrogen) atoms. The van der Waals surface area contributed by atoms with E-state index in [9.17, 15) is 0 Å². The zero-order chi connectivity index (χ0) is 16.8. The van der Waals surface area contributed by atoms with Gasteiger partial charge >= 0.3 is 0 Å². The fraction of sp³-hybridized carbons (Fsp3) is 0.429. The molecule has 0 amide bonds. The highest BCUT2D eigenvalue weighted by molar-refractivity contribution is 5.48. The molecule has 0 saturated carbocycles. The third kappa shape index (κ3) is 6.80. The lowest BCUT2D eigenvalue weighted by Gasteiger charge is -2.10. The molecule has 0 radical (unpaired) electrons. The Hall–Kier alpha value is -1.76. The van der Waals surface area contributed by atoms with Crippen molar-refractivity contribution in [2.45, 2.75) is 54.4 Å². The number of allylic oxidation sites excluding steroid dienone is 2. The summed E-state index contributed by atoms with van der Waals surface area (Å²) in [5, 5.41) is 6.07. The average molecular weight is 300 g/mol. The number of hydrogen-bond acceptors (Lipinski definition) is 1. The van der Waals surface area contributed by atoms with Crippen LogP contribution in [0, 0.1) is 0 Å². The zero-order valence-electron chi connectivity index (χ0n) is 15.2. The minimum absolute atomic E-state index is 0.912. The monoisotopic (exact) mass is 299 g/mol. The van der Waals surface area contributed by atoms with Gasteiger partial charge in [0.1, 0.15) is 0 Å². The molecule has 0 saturated heterocycles. The number of hydrogen-bond donors (Lipinski definition) is 1. The summed E-state index contributed by atoms with van der Waals surface area (Å²) < 4.78 is 0. The van der Waals surface area contributed by atoms with Crippen molar-refractivity contribution in [1.29, 1.82) is 0 Å². The van der Waals surface area contributed by atoms with Crippen molar-refractivity contribution < 1.29 is 0 Å². The quantitative estimate of drug-likeness (QED) is 0.825. The molecule has 1 N–H and O–H groups in total. The van der Waals surface area contributed by atoms with Crippen LogP contribution >= 0.6 is 0 Å². The van der Waals surface area contributed by atoms with Crippen molar-refractivity contribution in [2.75, 3.05) is 11.9 Å². The minimum Gasteiger partial charge on any atom is -0.381 e. The molecule has 1 aliphatic carbocycles. The van der Waals surface area contributed by atoms with Crippen molar-refractivity contribution in [1.82, 2.24) is 0 Å². The first-order valence-corrected chi connectivity index (χ1v) is 8.65. The maximum Gasteiger partial charge on any atom is 0.0397 e. The van der Waals surface area contributed by atoms with Crippen LogP contribution in [0.5, 0.6) is 0 Å². The highest BCUT2D eigenvalue weighted by Gasteiger charge is 1.97. The highest BCUT2D eigenvalue weighted by atomic mass is 14.9. The van der Waals surface area contributed by atoms with Crippen LogP contribution in [0.15, 0.2) is 42.0 Å². The Bertz CT molecular complexity index is 576. The van der Waals surface area contributed by atoms with Crippen molar-refractivity contribution >= 4 is 17.8 Å². The molecule has 0 bridgehead atoms. The van der Waals surface area contributed by atoms with E-state index in [4.69, 9.17) is 0 Å². The Kier molecular flexibility index (Phi) is 11.9. The van der Waals surface area contributed by atoms with Gasteiger partial charge in [-0.3, -0.25) is 0 Å². The SMILES string of the molecule is C/C=c1/ccc(NCC2=CCCC=C2)c/c1=C/C.CC.CC. The first kappa shape index (κ1) is 20.2. The van der Waals surface area contributed by atoms with Gasteiger partial charge in [0.2, 0.25) is 0 Å². The van der Waals surface area contributed by atoms with Crippen LogP contribution in [-0.4, -0.2) is 6.54 Å². The van der Waals surface area contributed by atoms with E-state index >= 15 is 0 Å². The van der Waals surface area contributed by atoms with Crippen molar-refractivity contribution in [3.8, 4) is 0 Å². The predicted molar refractivity (Wildman–Crippen MR) is 104 cm³/mol. The van der Waals surface area contributed by atoms with Gasteiger partial charge in [0.05, 0.1) is 0 Å². The maximum atomic E-state index is 3.49. The summed E-state index contributed by atoms with van der Waals surface area (Å²) >= 11 is 0. The van der Waals surface area contributed by atoms with Gasteiger partial charge in [0, 0.05) is 12.2 Å². The van der Waals surface area contributed by atoms with E-state index in [0.29, 0.717) is 0 Å². The summed E-state index contributed by atoms with van der Waals surface area (Å²) in [7, 11) is 0. The molecule has 2 rings (SSSR count). The van der Waals surface area contributed by atoms with Crippen LogP contribution in [-0.2, 0) is 0 Å². The Morgan fingerprint density at radius 1 is 0.955 bits per heavy atom. The smallest absolute Gasteiger partial charge is 0.0397 e. The largest absolute Gasteiger partial charge is 0.381 e. The van der Waals surface area contributed by atoms with Gasteiger partial charge in [-0.25, -0.2) is 0 Å². The van der Waals surface area contributed by atoms with Crippen LogP contribution in [0.2, 0.25) is 0 Å². The van der Waals surface area contributed by atoms with Gasteiger partial charge in [-0.15, -0.1) is 0 Å². The number of nitrogens with one attached hydrogen (secondary N) is 1. The van der Waals surface area contributed by atoms with E-state index in [1.807, 2.05) is 27.7 Å². The molecule has 0 heterocycles. The number of anilines is 1. The van der Waals surface area contributed by atoms with E-state index in [0.717, 1.165) is 6.54 Å². The Labute approximate surface area is 137 Å². The van der Waals surface area contributed by atoms with E-state index < -0.39 is 0 Å². The predicted octanol–water partition coefficient (Wildman–Crippen LogP) is 5.03. The molecular formula is C21H33N. The van der Waals surface area contributed by atoms with Gasteiger partial charge in [-0.1, -0.05) is 64.1 Å². The first-order chi connectivity index (χ1) is 10.8. The zero-order valence-corrected chi connectivity index (χ0v) is 15.2. The molecule has 0 unspecified atom stereocenters. The van der Waals surface area contributed by atoms with Gasteiger partial charge in [-0.2, -0.15) is 0 Å². The van der Waals surface area contributed by atoms with Crippen LogP contribution < -0.4 is 15.8 Å². The van der Waals surface area contributed by atoms with Crippen LogP contribution in [0.3, 0.4) is 0 Å². The molecule has 1 aliphatic rings. The average Bonchev–Trinajstić information content (AvgIpc) is 2.64. The van der Waals surface area contributed by atoms with E-state index in [2.05, 4.69) is 67.7 Å². The van der Waals surface area contributed by atoms with Gasteiger partial charge in [-0.05, 0) is 54.8 Å². The van der Waals surface area contributed by atoms with Crippen molar-refractivity contribution in [2.24, 2.45) is 0 Å². The minimum atomic E-state index is 0.912. The third-order valence-corrected chi connectivity index (χ3v) is 3.28. The van der Waals surface area contributed by atoms with Crippen molar-refractivity contribution in [3.05, 3.63) is 52.4 Å². The molecule has 1 nitrogen and oxygen atoms in total. The van der Waals surface area contributed by atoms with Gasteiger partial charge in [0.25, 0.3) is 0 Å². The molecule has 1 aromatic carbocycles. The summed E-state index contributed by atoms with van der Waals surface area (Å²) in [5.41, 5.74) is 2.57. The summed E-state index contributed by atoms with van der Waals surface area (Å²) in [5.74, 6) is 0. The topological polar surface area (TPSA) is 12.0 Å². The van der Waals surface area contributed by atoms with E-state index in [1.54, 1.807) is 0 Å². The second kappa shape index (κ2) is 12.9. The Balaban J connectivity index is 0.00000102. The lowest BCUT2D eigenvalue weighted by Crippen LogP contribution is -2.24. The summed E-state index contributed by atoms with van der Waals surface area (Å²) in [6.07, 6.45) is 13.4. The maximum absolute atomic E-state index is 3.49. The molecule has 122 valence electrons. The van der Waals surface area contributed by atoms with Crippen LogP contribution in [0.1, 0.15) is 54.4 Å². The Morgan fingerprint density at radius 3 is 2.18 bits per heavy atom.